The van der Waals surface area contributed by atoms with E-state index in [0.717, 1.165) is 21.5 Å². The highest BCUT2D eigenvalue weighted by molar-refractivity contribution is 7.85. The second-order valence-corrected chi connectivity index (χ2v) is 15.9. The molecule has 10 aromatic carbocycles. The van der Waals surface area contributed by atoms with E-state index in [2.05, 4.69) is 127 Å². The van der Waals surface area contributed by atoms with Crippen molar-refractivity contribution in [2.75, 3.05) is 0 Å². The first-order valence-corrected chi connectivity index (χ1v) is 18.8. The van der Waals surface area contributed by atoms with Gasteiger partial charge in [0.05, 0.1) is 0 Å². The third kappa shape index (κ3) is 4.24. The number of hydrogen-bond donors (Lipinski definition) is 0. The monoisotopic (exact) mass is 654 g/mol. The third-order valence-corrected chi connectivity index (χ3v) is 13.6. The van der Waals surface area contributed by atoms with Crippen LogP contribution in [0.1, 0.15) is 0 Å². The molecule has 0 aliphatic rings. The van der Waals surface area contributed by atoms with Gasteiger partial charge in [-0.3, -0.25) is 0 Å². The van der Waals surface area contributed by atoms with Crippen LogP contribution in [0, 0.1) is 0 Å². The summed E-state index contributed by atoms with van der Waals surface area (Å²) in [4.78, 5) is 0. The first kappa shape index (κ1) is 29.0. The van der Waals surface area contributed by atoms with Gasteiger partial charge in [0.15, 0.2) is 7.14 Å². The Morgan fingerprint density at radius 1 is 0.300 bits per heavy atom. The van der Waals surface area contributed by atoms with Crippen LogP contribution in [0.25, 0.3) is 76.1 Å². The Bertz CT molecular complexity index is 2810. The van der Waals surface area contributed by atoms with Crippen LogP contribution in [0.5, 0.6) is 0 Å². The zero-order valence-corrected chi connectivity index (χ0v) is 28.1. The van der Waals surface area contributed by atoms with E-state index in [0.29, 0.717) is 0 Å². The van der Waals surface area contributed by atoms with Crippen LogP contribution in [-0.2, 0) is 4.57 Å². The predicted molar refractivity (Wildman–Crippen MR) is 215 cm³/mol. The van der Waals surface area contributed by atoms with Gasteiger partial charge in [-0.1, -0.05) is 188 Å². The molecule has 0 spiro atoms. The van der Waals surface area contributed by atoms with Gasteiger partial charge < -0.3 is 4.57 Å². The summed E-state index contributed by atoms with van der Waals surface area (Å²) in [6.45, 7) is 0. The maximum absolute atomic E-state index is 15.1. The molecule has 0 aliphatic heterocycles. The lowest BCUT2D eigenvalue weighted by Gasteiger charge is -2.22. The smallest absolute Gasteiger partial charge is 0.171 e. The molecule has 2 heteroatoms. The van der Waals surface area contributed by atoms with Gasteiger partial charge in [0, 0.05) is 15.9 Å². The minimum Gasteiger partial charge on any atom is -0.309 e. The van der Waals surface area contributed by atoms with Crippen molar-refractivity contribution in [3.63, 3.8) is 0 Å². The molecule has 234 valence electrons. The highest BCUT2D eigenvalue weighted by Gasteiger charge is 2.29. The summed E-state index contributed by atoms with van der Waals surface area (Å²) >= 11 is 0. The Labute approximate surface area is 290 Å². The number of rotatable bonds is 5. The van der Waals surface area contributed by atoms with Gasteiger partial charge in [-0.2, -0.15) is 0 Å². The highest BCUT2D eigenvalue weighted by Crippen LogP contribution is 2.48. The fourth-order valence-electron chi connectivity index (χ4n) is 8.24. The summed E-state index contributed by atoms with van der Waals surface area (Å²) in [5.74, 6) is 0. The molecule has 0 radical (unpaired) electrons. The number of benzene rings is 10. The Balaban J connectivity index is 1.22. The largest absolute Gasteiger partial charge is 0.309 e. The van der Waals surface area contributed by atoms with Crippen LogP contribution < -0.4 is 15.9 Å². The molecule has 0 bridgehead atoms. The van der Waals surface area contributed by atoms with Crippen LogP contribution in [-0.4, -0.2) is 0 Å². The second-order valence-electron chi connectivity index (χ2n) is 13.1. The van der Waals surface area contributed by atoms with Gasteiger partial charge in [0.2, 0.25) is 0 Å². The van der Waals surface area contributed by atoms with Crippen LogP contribution in [0.3, 0.4) is 0 Å². The van der Waals surface area contributed by atoms with Gasteiger partial charge in [-0.15, -0.1) is 0 Å². The van der Waals surface area contributed by atoms with Crippen molar-refractivity contribution in [3.05, 3.63) is 188 Å². The summed E-state index contributed by atoms with van der Waals surface area (Å²) in [6.07, 6.45) is 0. The Kier molecular flexibility index (Phi) is 6.53. The molecule has 0 atom stereocenters. The predicted octanol–water partition coefficient (Wildman–Crippen LogP) is 11.9. The fraction of sp³-hybridized carbons (Fsp3) is 0. The van der Waals surface area contributed by atoms with Crippen molar-refractivity contribution in [1.82, 2.24) is 0 Å². The maximum Gasteiger partial charge on any atom is 0.171 e. The van der Waals surface area contributed by atoms with Crippen molar-refractivity contribution >= 4 is 76.9 Å². The van der Waals surface area contributed by atoms with Crippen molar-refractivity contribution in [2.24, 2.45) is 0 Å². The molecular weight excluding hydrogens is 624 g/mol. The SMILES string of the molecule is O=P(c1ccccc1)(c1ccccc1)c1ccc(-c2c3ccccc3c(-c3ccc4ccc5cccc6ccc3c4c56)c3ccccc23)cc1. The lowest BCUT2D eigenvalue weighted by molar-refractivity contribution is 0.592. The molecule has 0 unspecified atom stereocenters. The zero-order chi connectivity index (χ0) is 33.2. The van der Waals surface area contributed by atoms with E-state index < -0.39 is 7.14 Å². The normalized spacial score (nSPS) is 12.1. The minimum absolute atomic E-state index is 0.831. The molecule has 0 amide bonds. The Hall–Kier alpha value is -6.01. The van der Waals surface area contributed by atoms with Crippen molar-refractivity contribution in [2.45, 2.75) is 0 Å². The third-order valence-electron chi connectivity index (χ3n) is 10.5. The fourth-order valence-corrected chi connectivity index (χ4v) is 10.9. The van der Waals surface area contributed by atoms with E-state index in [-0.39, 0.29) is 0 Å². The minimum atomic E-state index is -3.08. The molecule has 0 aromatic heterocycles. The lowest BCUT2D eigenvalue weighted by Crippen LogP contribution is -2.24. The van der Waals surface area contributed by atoms with E-state index in [1.165, 1.54) is 70.6 Å². The molecule has 0 N–H and O–H groups in total. The van der Waals surface area contributed by atoms with Gasteiger partial charge in [0.1, 0.15) is 0 Å². The summed E-state index contributed by atoms with van der Waals surface area (Å²) in [6, 6.07) is 66.2. The molecule has 0 aliphatic carbocycles. The molecule has 1 nitrogen and oxygen atoms in total. The quantitative estimate of drug-likeness (QED) is 0.103. The number of fused-ring (bicyclic) bond motifs is 2. The van der Waals surface area contributed by atoms with Gasteiger partial charge >= 0.3 is 0 Å². The first-order valence-electron chi connectivity index (χ1n) is 17.1. The van der Waals surface area contributed by atoms with Crippen LogP contribution >= 0.6 is 7.14 Å². The van der Waals surface area contributed by atoms with E-state index >= 15 is 4.57 Å². The van der Waals surface area contributed by atoms with E-state index in [1.807, 2.05) is 60.7 Å². The zero-order valence-electron chi connectivity index (χ0n) is 27.3. The molecular formula is C48H31OP. The molecule has 10 aromatic rings. The highest BCUT2D eigenvalue weighted by atomic mass is 31.2. The summed E-state index contributed by atoms with van der Waals surface area (Å²) in [5.41, 5.74) is 4.80. The first-order chi connectivity index (χ1) is 24.7. The summed E-state index contributed by atoms with van der Waals surface area (Å²) in [5, 5.41) is 15.1. The number of hydrogen-bond acceptors (Lipinski definition) is 1. The van der Waals surface area contributed by atoms with Gasteiger partial charge in [-0.25, -0.2) is 0 Å². The van der Waals surface area contributed by atoms with Crippen LogP contribution in [0.2, 0.25) is 0 Å². The van der Waals surface area contributed by atoms with E-state index in [1.54, 1.807) is 0 Å². The Morgan fingerprint density at radius 3 is 1.30 bits per heavy atom. The average Bonchev–Trinajstić information content (AvgIpc) is 3.19. The average molecular weight is 655 g/mol. The maximum atomic E-state index is 15.1. The van der Waals surface area contributed by atoms with Crippen molar-refractivity contribution in [3.8, 4) is 22.3 Å². The van der Waals surface area contributed by atoms with Crippen molar-refractivity contribution < 1.29 is 4.57 Å². The summed E-state index contributed by atoms with van der Waals surface area (Å²) < 4.78 is 15.1. The van der Waals surface area contributed by atoms with Gasteiger partial charge in [0.25, 0.3) is 0 Å². The van der Waals surface area contributed by atoms with E-state index in [9.17, 15) is 0 Å². The second kappa shape index (κ2) is 11.3. The lowest BCUT2D eigenvalue weighted by atomic mass is 9.83. The molecule has 0 saturated carbocycles. The Morgan fingerprint density at radius 2 is 0.740 bits per heavy atom. The van der Waals surface area contributed by atoms with E-state index in [4.69, 9.17) is 0 Å². The summed E-state index contributed by atoms with van der Waals surface area (Å²) in [7, 11) is -3.08. The molecule has 0 saturated heterocycles. The van der Waals surface area contributed by atoms with Crippen molar-refractivity contribution in [1.29, 1.82) is 0 Å². The van der Waals surface area contributed by atoms with Crippen LogP contribution in [0.4, 0.5) is 0 Å². The molecule has 50 heavy (non-hydrogen) atoms. The topological polar surface area (TPSA) is 17.1 Å². The van der Waals surface area contributed by atoms with Gasteiger partial charge in [-0.05, 0) is 76.1 Å². The molecule has 10 rings (SSSR count). The standard InChI is InChI=1S/C48H31OP/c49-50(36-14-3-1-4-15-36,37-16-5-2-6-17-37)38-28-24-34(25-29-38)46-39-18-7-9-20-41(39)48(42-21-10-8-19-40(42)46)44-31-27-35-23-22-32-12-11-13-33-26-30-43(44)47(35)45(32)33/h1-31H. The molecule has 0 fully saturated rings. The van der Waals surface area contributed by atoms with Crippen LogP contribution in [0.15, 0.2) is 188 Å². The molecule has 0 heterocycles.